The molecular formula is C29H34F2N2O4S. The molecule has 0 aliphatic carbocycles. The van der Waals surface area contributed by atoms with E-state index in [1.54, 1.807) is 37.3 Å². The number of amides is 1. The molecule has 0 saturated carbocycles. The van der Waals surface area contributed by atoms with Crippen molar-refractivity contribution in [2.75, 3.05) is 13.2 Å². The molecule has 1 heterocycles. The van der Waals surface area contributed by atoms with Crippen molar-refractivity contribution in [3.05, 3.63) is 95.6 Å². The number of aliphatic hydroxyl groups excluding tert-OH is 1. The van der Waals surface area contributed by atoms with E-state index in [-0.39, 0.29) is 30.9 Å². The van der Waals surface area contributed by atoms with E-state index in [2.05, 4.69) is 10.6 Å². The van der Waals surface area contributed by atoms with E-state index >= 15 is 4.39 Å². The predicted octanol–water partition coefficient (Wildman–Crippen LogP) is 5.15. The number of hydrogen-bond acceptors (Lipinski definition) is 5. The molecule has 1 aliphatic heterocycles. The van der Waals surface area contributed by atoms with Gasteiger partial charge in [0.2, 0.25) is 0 Å². The van der Waals surface area contributed by atoms with Gasteiger partial charge < -0.3 is 19.9 Å². The van der Waals surface area contributed by atoms with E-state index in [9.17, 15) is 14.3 Å². The Hall–Kier alpha value is -2.98. The zero-order valence-corrected chi connectivity index (χ0v) is 22.3. The van der Waals surface area contributed by atoms with Crippen LogP contribution in [0.15, 0.2) is 84.5 Å². The minimum absolute atomic E-state index is 0.0498. The monoisotopic (exact) mass is 544 g/mol. The molecule has 0 radical (unpaired) electrons. The number of allylic oxidation sites excluding steroid dienone is 3. The van der Waals surface area contributed by atoms with Crippen LogP contribution in [0.25, 0.3) is 0 Å². The van der Waals surface area contributed by atoms with Crippen molar-refractivity contribution in [2.24, 2.45) is 5.92 Å². The number of ether oxygens (including phenoxy) is 2. The predicted molar refractivity (Wildman–Crippen MR) is 147 cm³/mol. The molecule has 6 nitrogen and oxygen atoms in total. The summed E-state index contributed by atoms with van der Waals surface area (Å²) in [4.78, 5) is 12.6. The average Bonchev–Trinajstić information content (AvgIpc) is 2.90. The summed E-state index contributed by atoms with van der Waals surface area (Å²) in [6.07, 6.45) is 0.698. The highest BCUT2D eigenvalue weighted by Gasteiger charge is 2.48. The van der Waals surface area contributed by atoms with Crippen molar-refractivity contribution < 1.29 is 28.2 Å². The number of rotatable bonds is 10. The van der Waals surface area contributed by atoms with Crippen molar-refractivity contribution in [3.8, 4) is 0 Å². The molecule has 1 amide bonds. The van der Waals surface area contributed by atoms with Crippen LogP contribution in [0.3, 0.4) is 0 Å². The summed E-state index contributed by atoms with van der Waals surface area (Å²) in [5.41, 5.74) is 0.165. The highest BCUT2D eigenvalue weighted by atomic mass is 32.1. The maximum absolute atomic E-state index is 15.0. The Morgan fingerprint density at radius 3 is 2.50 bits per heavy atom. The lowest BCUT2D eigenvalue weighted by molar-refractivity contribution is -0.122. The van der Waals surface area contributed by atoms with Crippen LogP contribution >= 0.6 is 12.2 Å². The Balaban J connectivity index is 1.76. The Morgan fingerprint density at radius 1 is 1.21 bits per heavy atom. The zero-order valence-electron chi connectivity index (χ0n) is 21.5. The third-order valence-electron chi connectivity index (χ3n) is 6.48. The minimum atomic E-state index is -1.25. The topological polar surface area (TPSA) is 79.8 Å². The second-order valence-electron chi connectivity index (χ2n) is 9.39. The largest absolute Gasteiger partial charge is 0.393 e. The van der Waals surface area contributed by atoms with Gasteiger partial charge in [0.05, 0.1) is 37.6 Å². The van der Waals surface area contributed by atoms with E-state index in [0.29, 0.717) is 18.6 Å². The van der Waals surface area contributed by atoms with Crippen molar-refractivity contribution >= 4 is 23.2 Å². The summed E-state index contributed by atoms with van der Waals surface area (Å²) in [5, 5.41) is 16.4. The smallest absolute Gasteiger partial charge is 0.257 e. The second kappa shape index (κ2) is 14.2. The van der Waals surface area contributed by atoms with Gasteiger partial charge in [-0.2, -0.15) is 0 Å². The molecule has 0 unspecified atom stereocenters. The van der Waals surface area contributed by atoms with Crippen LogP contribution in [0, 0.1) is 5.92 Å². The lowest BCUT2D eigenvalue weighted by Crippen LogP contribution is -2.65. The number of thiocarbonyl (C=S) groups is 1. The van der Waals surface area contributed by atoms with E-state index in [4.69, 9.17) is 21.7 Å². The van der Waals surface area contributed by atoms with Gasteiger partial charge in [-0.25, -0.2) is 8.78 Å². The Labute approximate surface area is 227 Å². The molecule has 3 rings (SSSR count). The lowest BCUT2D eigenvalue weighted by atomic mass is 9.73. The lowest BCUT2D eigenvalue weighted by Gasteiger charge is -2.48. The maximum Gasteiger partial charge on any atom is 0.257 e. The van der Waals surface area contributed by atoms with Gasteiger partial charge in [0, 0.05) is 24.0 Å². The Kier molecular flexibility index (Phi) is 11.1. The molecule has 2 aromatic rings. The first kappa shape index (κ1) is 29.6. The number of carbonyl (C=O) groups is 1. The number of halogens is 2. The first-order valence-corrected chi connectivity index (χ1v) is 12.9. The molecule has 2 aromatic carbocycles. The van der Waals surface area contributed by atoms with Crippen LogP contribution in [-0.4, -0.2) is 47.1 Å². The summed E-state index contributed by atoms with van der Waals surface area (Å²) >= 11 is 5.41. The van der Waals surface area contributed by atoms with Gasteiger partial charge in [-0.05, 0) is 50.2 Å². The Bertz CT molecular complexity index is 1130. The highest BCUT2D eigenvalue weighted by Crippen LogP contribution is 2.37. The third kappa shape index (κ3) is 8.52. The van der Waals surface area contributed by atoms with Crippen molar-refractivity contribution in [2.45, 2.75) is 51.0 Å². The molecule has 204 valence electrons. The summed E-state index contributed by atoms with van der Waals surface area (Å²) in [6, 6.07) is 18.2. The maximum atomic E-state index is 15.0. The second-order valence-corrected chi connectivity index (χ2v) is 9.80. The van der Waals surface area contributed by atoms with Crippen LogP contribution in [0.2, 0.25) is 0 Å². The molecule has 0 spiro atoms. The van der Waals surface area contributed by atoms with Crippen molar-refractivity contribution in [1.29, 1.82) is 0 Å². The summed E-state index contributed by atoms with van der Waals surface area (Å²) < 4.78 is 40.7. The molecule has 0 bridgehead atoms. The molecule has 38 heavy (non-hydrogen) atoms. The molecule has 0 aromatic heterocycles. The number of nitrogens with one attached hydrogen (secondary N) is 2. The quantitative estimate of drug-likeness (QED) is 0.284. The van der Waals surface area contributed by atoms with E-state index in [1.165, 1.54) is 6.92 Å². The first-order chi connectivity index (χ1) is 18.2. The van der Waals surface area contributed by atoms with Gasteiger partial charge in [-0.1, -0.05) is 54.6 Å². The van der Waals surface area contributed by atoms with E-state index in [1.807, 2.05) is 30.3 Å². The van der Waals surface area contributed by atoms with Crippen LogP contribution in [0.5, 0.6) is 0 Å². The molecule has 1 saturated heterocycles. The average molecular weight is 545 g/mol. The van der Waals surface area contributed by atoms with E-state index < -0.39 is 35.1 Å². The molecule has 3 N–H and O–H groups in total. The zero-order chi connectivity index (χ0) is 27.5. The van der Waals surface area contributed by atoms with Gasteiger partial charge in [0.25, 0.3) is 5.91 Å². The van der Waals surface area contributed by atoms with Gasteiger partial charge in [-0.15, -0.1) is 0 Å². The standard InChI is InChI=1S/C29H34F2N2O4S/c1-3-23(30)14-24(31)16-29(33-28(38)32-27(35)22-12-8-5-9-13-22)19-37-25(15-26(29)20(2)34)18-36-17-21-10-6-4-7-11-21/h3-14,20,25-26,34H,15-19H2,1-2H3,(H2,32,33,35,38)/b23-3+,24-14+/t20-,25+,26-,29-/m0/s1. The number of carbonyl (C=O) groups excluding carboxylic acids is 1. The van der Waals surface area contributed by atoms with Gasteiger partial charge >= 0.3 is 0 Å². The van der Waals surface area contributed by atoms with Crippen LogP contribution < -0.4 is 10.6 Å². The van der Waals surface area contributed by atoms with Gasteiger partial charge in [0.15, 0.2) is 5.11 Å². The number of hydrogen-bond donors (Lipinski definition) is 3. The van der Waals surface area contributed by atoms with E-state index in [0.717, 1.165) is 17.7 Å². The van der Waals surface area contributed by atoms with Crippen molar-refractivity contribution in [1.82, 2.24) is 10.6 Å². The fourth-order valence-corrected chi connectivity index (χ4v) is 4.87. The SMILES string of the molecule is C/C=C(F)\C=C(\F)C[C@]1(NC(=S)NC(=O)c2ccccc2)CO[C@@H](COCc2ccccc2)C[C@H]1[C@H](C)O. The summed E-state index contributed by atoms with van der Waals surface area (Å²) in [5.74, 6) is -2.47. The molecule has 1 fully saturated rings. The van der Waals surface area contributed by atoms with Crippen molar-refractivity contribution in [3.63, 3.8) is 0 Å². The normalized spacial score (nSPS) is 23.0. The van der Waals surface area contributed by atoms with Gasteiger partial charge in [0.1, 0.15) is 11.7 Å². The van der Waals surface area contributed by atoms with Gasteiger partial charge in [-0.3, -0.25) is 10.1 Å². The minimum Gasteiger partial charge on any atom is -0.393 e. The highest BCUT2D eigenvalue weighted by molar-refractivity contribution is 7.80. The molecular weight excluding hydrogens is 510 g/mol. The number of benzene rings is 2. The summed E-state index contributed by atoms with van der Waals surface area (Å²) in [6.45, 7) is 3.69. The van der Waals surface area contributed by atoms with Crippen LogP contribution in [0.4, 0.5) is 8.78 Å². The van der Waals surface area contributed by atoms with Crippen LogP contribution in [0.1, 0.15) is 42.6 Å². The summed E-state index contributed by atoms with van der Waals surface area (Å²) in [7, 11) is 0. The number of aliphatic hydroxyl groups is 1. The fraction of sp³-hybridized carbons (Fsp3) is 0.379. The fourth-order valence-electron chi connectivity index (χ4n) is 4.57. The van der Waals surface area contributed by atoms with Crippen LogP contribution in [-0.2, 0) is 16.1 Å². The molecule has 9 heteroatoms. The molecule has 4 atom stereocenters. The molecule has 1 aliphatic rings. The first-order valence-electron chi connectivity index (χ1n) is 12.5. The third-order valence-corrected chi connectivity index (χ3v) is 6.69. The Morgan fingerprint density at radius 2 is 1.87 bits per heavy atom.